The topological polar surface area (TPSA) is 55.9 Å². The smallest absolute Gasteiger partial charge is 0.265 e. The van der Waals surface area contributed by atoms with Crippen LogP contribution in [0.5, 0.6) is 0 Å². The van der Waals surface area contributed by atoms with E-state index in [9.17, 15) is 14.0 Å². The molecule has 0 bridgehead atoms. The molecule has 0 aromatic heterocycles. The third-order valence-electron chi connectivity index (χ3n) is 8.02. The van der Waals surface area contributed by atoms with Crippen molar-refractivity contribution >= 4 is 35.3 Å². The van der Waals surface area contributed by atoms with Crippen molar-refractivity contribution in [3.05, 3.63) is 136 Å². The van der Waals surface area contributed by atoms with Gasteiger partial charge in [0.2, 0.25) is 0 Å². The number of thioether (sulfide) groups is 1. The summed E-state index contributed by atoms with van der Waals surface area (Å²) >= 11 is 1.40. The molecule has 2 amide bonds. The van der Waals surface area contributed by atoms with Crippen LogP contribution in [-0.2, 0) is 17.9 Å². The van der Waals surface area contributed by atoms with Crippen molar-refractivity contribution in [3.8, 4) is 0 Å². The van der Waals surface area contributed by atoms with E-state index in [-0.39, 0.29) is 24.2 Å². The number of nitrogens with one attached hydrogen (secondary N) is 1. The number of carbonyl (C=O) groups is 2. The second-order valence-electron chi connectivity index (χ2n) is 11.0. The molecule has 6 rings (SSSR count). The largest absolute Gasteiger partial charge is 0.351 e. The first-order valence-corrected chi connectivity index (χ1v) is 15.8. The van der Waals surface area contributed by atoms with Crippen LogP contribution in [0.15, 0.2) is 113 Å². The van der Waals surface area contributed by atoms with E-state index in [4.69, 9.17) is 0 Å². The molecule has 2 aliphatic rings. The number of para-hydroxylation sites is 1. The molecule has 0 saturated carbocycles. The third-order valence-corrected chi connectivity index (χ3v) is 9.09. The minimum Gasteiger partial charge on any atom is -0.351 e. The molecule has 224 valence electrons. The van der Waals surface area contributed by atoms with E-state index in [0.29, 0.717) is 22.6 Å². The van der Waals surface area contributed by atoms with Crippen LogP contribution in [0.2, 0.25) is 0 Å². The SMILES string of the molecule is O=C(NCCN1CCN(Cc2ccccc2)CC1)c1ccc(/C=C2\Sc3ccccc3N(Cc3ccccc3F)C2=O)cc1. The van der Waals surface area contributed by atoms with Crippen molar-refractivity contribution in [2.45, 2.75) is 18.0 Å². The fraction of sp³-hybridized carbons (Fsp3) is 0.222. The predicted molar refractivity (Wildman–Crippen MR) is 175 cm³/mol. The second-order valence-corrected chi connectivity index (χ2v) is 12.1. The summed E-state index contributed by atoms with van der Waals surface area (Å²) in [6.07, 6.45) is 1.83. The van der Waals surface area contributed by atoms with Crippen LogP contribution in [-0.4, -0.2) is 60.9 Å². The molecule has 6 nitrogen and oxygen atoms in total. The monoisotopic (exact) mass is 606 g/mol. The van der Waals surface area contributed by atoms with E-state index in [1.807, 2.05) is 48.5 Å². The maximum atomic E-state index is 14.5. The number of anilines is 1. The van der Waals surface area contributed by atoms with E-state index in [2.05, 4.69) is 39.4 Å². The zero-order valence-corrected chi connectivity index (χ0v) is 25.3. The average molecular weight is 607 g/mol. The van der Waals surface area contributed by atoms with Crippen LogP contribution in [0.25, 0.3) is 6.08 Å². The summed E-state index contributed by atoms with van der Waals surface area (Å²) < 4.78 is 14.5. The lowest BCUT2D eigenvalue weighted by Gasteiger charge is -2.34. The Bertz CT molecular complexity index is 1640. The molecule has 1 saturated heterocycles. The highest BCUT2D eigenvalue weighted by atomic mass is 32.2. The van der Waals surface area contributed by atoms with Crippen LogP contribution in [0.1, 0.15) is 27.0 Å². The Hall–Kier alpha value is -4.24. The van der Waals surface area contributed by atoms with Gasteiger partial charge >= 0.3 is 0 Å². The summed E-state index contributed by atoms with van der Waals surface area (Å²) in [5, 5.41) is 3.04. The lowest BCUT2D eigenvalue weighted by Crippen LogP contribution is -2.48. The van der Waals surface area contributed by atoms with Gasteiger partial charge < -0.3 is 10.2 Å². The van der Waals surface area contributed by atoms with E-state index < -0.39 is 0 Å². The maximum Gasteiger partial charge on any atom is 0.265 e. The van der Waals surface area contributed by atoms with Crippen molar-refractivity contribution in [1.29, 1.82) is 0 Å². The van der Waals surface area contributed by atoms with Gasteiger partial charge in [-0.1, -0.05) is 84.6 Å². The van der Waals surface area contributed by atoms with Crippen molar-refractivity contribution in [2.75, 3.05) is 44.2 Å². The molecule has 0 aliphatic carbocycles. The molecule has 0 radical (unpaired) electrons. The maximum absolute atomic E-state index is 14.5. The summed E-state index contributed by atoms with van der Waals surface area (Å²) in [4.78, 5) is 34.4. The van der Waals surface area contributed by atoms with Crippen molar-refractivity contribution in [1.82, 2.24) is 15.1 Å². The number of nitrogens with zero attached hydrogens (tertiary/aromatic N) is 3. The van der Waals surface area contributed by atoms with Crippen LogP contribution >= 0.6 is 11.8 Å². The molecule has 0 atom stereocenters. The summed E-state index contributed by atoms with van der Waals surface area (Å²) in [6.45, 7) is 6.55. The molecule has 2 aliphatic heterocycles. The third kappa shape index (κ3) is 7.27. The first kappa shape index (κ1) is 29.8. The molecule has 44 heavy (non-hydrogen) atoms. The number of amides is 2. The van der Waals surface area contributed by atoms with Gasteiger partial charge in [-0.25, -0.2) is 4.39 Å². The molecule has 1 fully saturated rings. The number of rotatable bonds is 9. The Balaban J connectivity index is 1.03. The minimum atomic E-state index is -0.336. The van der Waals surface area contributed by atoms with Crippen LogP contribution in [0.4, 0.5) is 10.1 Å². The van der Waals surface area contributed by atoms with Gasteiger partial charge in [0.15, 0.2) is 0 Å². The Labute approximate surface area is 262 Å². The molecular weight excluding hydrogens is 571 g/mol. The Morgan fingerprint density at radius 3 is 2.25 bits per heavy atom. The van der Waals surface area contributed by atoms with E-state index >= 15 is 0 Å². The average Bonchev–Trinajstić information content (AvgIpc) is 3.05. The molecule has 4 aromatic rings. The van der Waals surface area contributed by atoms with Gasteiger partial charge in [-0.15, -0.1) is 0 Å². The minimum absolute atomic E-state index is 0.111. The van der Waals surface area contributed by atoms with Crippen LogP contribution < -0.4 is 10.2 Å². The zero-order chi connectivity index (χ0) is 30.3. The molecule has 0 unspecified atom stereocenters. The van der Waals surface area contributed by atoms with Crippen molar-refractivity contribution < 1.29 is 14.0 Å². The number of piperazine rings is 1. The van der Waals surface area contributed by atoms with E-state index in [1.165, 1.54) is 23.4 Å². The number of halogens is 1. The van der Waals surface area contributed by atoms with Gasteiger partial charge in [0.1, 0.15) is 5.82 Å². The number of hydrogen-bond acceptors (Lipinski definition) is 5. The normalized spacial score (nSPS) is 16.6. The summed E-state index contributed by atoms with van der Waals surface area (Å²) in [6, 6.07) is 32.0. The number of fused-ring (bicyclic) bond motifs is 1. The Morgan fingerprint density at radius 1 is 0.795 bits per heavy atom. The number of benzene rings is 4. The highest BCUT2D eigenvalue weighted by Crippen LogP contribution is 2.42. The number of hydrogen-bond donors (Lipinski definition) is 1. The van der Waals surface area contributed by atoms with Crippen molar-refractivity contribution in [2.24, 2.45) is 0 Å². The van der Waals surface area contributed by atoms with E-state index in [1.54, 1.807) is 35.2 Å². The zero-order valence-electron chi connectivity index (χ0n) is 24.5. The second kappa shape index (κ2) is 14.0. The molecular formula is C36H35FN4O2S. The predicted octanol–water partition coefficient (Wildman–Crippen LogP) is 6.05. The summed E-state index contributed by atoms with van der Waals surface area (Å²) in [5.41, 5.74) is 3.96. The first-order valence-electron chi connectivity index (χ1n) is 14.9. The van der Waals surface area contributed by atoms with Crippen molar-refractivity contribution in [3.63, 3.8) is 0 Å². The number of carbonyl (C=O) groups excluding carboxylic acids is 2. The molecule has 1 N–H and O–H groups in total. The van der Waals surface area contributed by atoms with Gasteiger partial charge in [0.25, 0.3) is 11.8 Å². The van der Waals surface area contributed by atoms with Crippen LogP contribution in [0.3, 0.4) is 0 Å². The lowest BCUT2D eigenvalue weighted by atomic mass is 10.1. The molecule has 4 aromatic carbocycles. The first-order chi connectivity index (χ1) is 21.5. The Kier molecular flexibility index (Phi) is 9.51. The highest BCUT2D eigenvalue weighted by molar-refractivity contribution is 8.04. The fourth-order valence-electron chi connectivity index (χ4n) is 5.54. The Morgan fingerprint density at radius 2 is 1.48 bits per heavy atom. The van der Waals surface area contributed by atoms with Crippen LogP contribution in [0, 0.1) is 5.82 Å². The van der Waals surface area contributed by atoms with Gasteiger partial charge in [-0.3, -0.25) is 19.4 Å². The van der Waals surface area contributed by atoms with Gasteiger partial charge in [-0.05, 0) is 47.5 Å². The molecule has 8 heteroatoms. The summed E-state index contributed by atoms with van der Waals surface area (Å²) in [7, 11) is 0. The lowest BCUT2D eigenvalue weighted by molar-refractivity contribution is -0.114. The molecule has 2 heterocycles. The van der Waals surface area contributed by atoms with Gasteiger partial charge in [-0.2, -0.15) is 0 Å². The highest BCUT2D eigenvalue weighted by Gasteiger charge is 2.29. The standard InChI is InChI=1S/C36H35FN4O2S/c37-31-11-5-4-10-30(31)26-41-32-12-6-7-13-33(32)44-34(36(41)43)24-27-14-16-29(17-15-27)35(42)38-18-19-39-20-22-40(23-21-39)25-28-8-2-1-3-9-28/h1-17,24H,18-23,25-26H2,(H,38,42)/b34-24-. The van der Waals surface area contributed by atoms with E-state index in [0.717, 1.165) is 55.4 Å². The quantitative estimate of drug-likeness (QED) is 0.235. The van der Waals surface area contributed by atoms with Gasteiger partial charge in [0.05, 0.1) is 17.1 Å². The summed E-state index contributed by atoms with van der Waals surface area (Å²) in [5.74, 6) is -0.628. The molecule has 0 spiro atoms. The van der Waals surface area contributed by atoms with Gasteiger partial charge in [0, 0.05) is 61.8 Å². The fourth-order valence-corrected chi connectivity index (χ4v) is 6.60.